The van der Waals surface area contributed by atoms with E-state index in [1.54, 1.807) is 36.3 Å². The molecule has 0 aliphatic carbocycles. The highest BCUT2D eigenvalue weighted by molar-refractivity contribution is 7.87. The van der Waals surface area contributed by atoms with Gasteiger partial charge in [-0.25, -0.2) is 4.79 Å². The lowest BCUT2D eigenvalue weighted by Crippen LogP contribution is -2.37. The lowest BCUT2D eigenvalue weighted by atomic mass is 10.1. The molecule has 0 aromatic heterocycles. The quantitative estimate of drug-likeness (QED) is 0.625. The van der Waals surface area contributed by atoms with Gasteiger partial charge < -0.3 is 19.1 Å². The van der Waals surface area contributed by atoms with Crippen molar-refractivity contribution >= 4 is 21.8 Å². The van der Waals surface area contributed by atoms with Crippen LogP contribution < -0.4 is 9.50 Å². The van der Waals surface area contributed by atoms with Crippen LogP contribution in [0.3, 0.4) is 0 Å². The van der Waals surface area contributed by atoms with E-state index in [1.807, 2.05) is 32.0 Å². The monoisotopic (exact) mass is 420 g/mol. The van der Waals surface area contributed by atoms with Crippen molar-refractivity contribution in [2.45, 2.75) is 27.3 Å². The molecule has 158 valence electrons. The molecule has 2 rings (SSSR count). The lowest BCUT2D eigenvalue weighted by molar-refractivity contribution is 0.153. The van der Waals surface area contributed by atoms with E-state index in [1.165, 1.54) is 6.92 Å². The zero-order chi connectivity index (χ0) is 21.4. The molecule has 0 heterocycles. The normalized spacial score (nSPS) is 11.2. The fourth-order valence-corrected chi connectivity index (χ4v) is 3.13. The Kier molecular flexibility index (Phi) is 8.04. The first-order valence-electron chi connectivity index (χ1n) is 9.38. The number of nitrogens with one attached hydrogen (secondary N) is 1. The first-order valence-corrected chi connectivity index (χ1v) is 11.0. The van der Waals surface area contributed by atoms with Gasteiger partial charge in [-0.05, 0) is 55.7 Å². The smallest absolute Gasteiger partial charge is 0.322 e. The Balaban J connectivity index is 2.11. The van der Waals surface area contributed by atoms with E-state index < -0.39 is 10.1 Å². The number of hydrogen-bond acceptors (Lipinski definition) is 5. The summed E-state index contributed by atoms with van der Waals surface area (Å²) in [6.07, 6.45) is 0. The molecular weight excluding hydrogens is 392 g/mol. The van der Waals surface area contributed by atoms with Crippen molar-refractivity contribution in [2.24, 2.45) is 0 Å². The van der Waals surface area contributed by atoms with Gasteiger partial charge in [-0.2, -0.15) is 8.42 Å². The van der Waals surface area contributed by atoms with Gasteiger partial charge in [0.05, 0.1) is 12.4 Å². The molecule has 0 unspecified atom stereocenters. The number of ether oxygens (including phenoxy) is 1. The molecule has 29 heavy (non-hydrogen) atoms. The molecule has 1 N–H and O–H groups in total. The summed E-state index contributed by atoms with van der Waals surface area (Å²) in [5.74, 6) is 0.150. The van der Waals surface area contributed by atoms with E-state index in [4.69, 9.17) is 8.92 Å². The highest BCUT2D eigenvalue weighted by Gasteiger charge is 2.16. The third-order valence-electron chi connectivity index (χ3n) is 4.57. The molecule has 0 spiro atoms. The van der Waals surface area contributed by atoms with Crippen molar-refractivity contribution in [1.82, 2.24) is 4.90 Å². The molecule has 2 aromatic rings. The number of carbonyl (C=O) groups excluding carboxylic acids is 1. The lowest BCUT2D eigenvalue weighted by Gasteiger charge is -2.24. The van der Waals surface area contributed by atoms with Crippen LogP contribution in [-0.2, 0) is 21.4 Å². The summed E-state index contributed by atoms with van der Waals surface area (Å²) in [6, 6.07) is 12.2. The number of methoxy groups -OCH3 is 1. The Morgan fingerprint density at radius 3 is 2.41 bits per heavy atom. The Bertz CT molecular complexity index is 927. The molecule has 0 aliphatic heterocycles. The van der Waals surface area contributed by atoms with Gasteiger partial charge in [-0.15, -0.1) is 0 Å². The molecule has 2 aromatic carbocycles. The van der Waals surface area contributed by atoms with E-state index in [-0.39, 0.29) is 17.5 Å². The van der Waals surface area contributed by atoms with Gasteiger partial charge in [-0.3, -0.25) is 0 Å². The molecule has 0 bridgehead atoms. The molecule has 2 amide bonds. The number of hydrogen-bond donors (Lipinski definition) is 1. The Labute approximate surface area is 172 Å². The second-order valence-electron chi connectivity index (χ2n) is 6.67. The first kappa shape index (κ1) is 22.7. The fourth-order valence-electron chi connectivity index (χ4n) is 2.61. The predicted molar refractivity (Wildman–Crippen MR) is 114 cm³/mol. The number of amides is 2. The molecular formula is C21H28N2O5S. The summed E-state index contributed by atoms with van der Waals surface area (Å²) in [5, 5.41) is 2.96. The number of rotatable bonds is 9. The summed E-state index contributed by atoms with van der Waals surface area (Å²) >= 11 is 0. The number of aryl methyl sites for hydroxylation is 1. The average Bonchev–Trinajstić information content (AvgIpc) is 2.69. The minimum atomic E-state index is -3.57. The van der Waals surface area contributed by atoms with Crippen LogP contribution in [-0.4, -0.2) is 45.4 Å². The van der Waals surface area contributed by atoms with Gasteiger partial charge in [-0.1, -0.05) is 24.3 Å². The highest BCUT2D eigenvalue weighted by atomic mass is 32.2. The minimum Gasteiger partial charge on any atom is -0.383 e. The average molecular weight is 421 g/mol. The van der Waals surface area contributed by atoms with E-state index >= 15 is 0 Å². The largest absolute Gasteiger partial charge is 0.383 e. The van der Waals surface area contributed by atoms with Crippen molar-refractivity contribution in [2.75, 3.05) is 31.3 Å². The maximum Gasteiger partial charge on any atom is 0.322 e. The summed E-state index contributed by atoms with van der Waals surface area (Å²) in [5.41, 5.74) is 3.74. The second-order valence-corrected chi connectivity index (χ2v) is 8.52. The molecule has 0 saturated heterocycles. The van der Waals surface area contributed by atoms with Crippen LogP contribution >= 0.6 is 0 Å². The topological polar surface area (TPSA) is 84.9 Å². The predicted octanol–water partition coefficient (Wildman–Crippen LogP) is 3.71. The standard InChI is InChI=1S/C21H28N2O5S/c1-5-29(25,26)28-19-11-9-18(10-12-19)15-23(13-14-27-4)21(24)22-20-8-6-7-16(2)17(20)3/h6-12H,5,13-15H2,1-4H3,(H,22,24). The minimum absolute atomic E-state index is 0.0991. The van der Waals surface area contributed by atoms with Crippen LogP contribution in [0.15, 0.2) is 42.5 Å². The van der Waals surface area contributed by atoms with E-state index in [9.17, 15) is 13.2 Å². The molecule has 0 radical (unpaired) electrons. The molecule has 0 fully saturated rings. The second kappa shape index (κ2) is 10.3. The number of benzene rings is 2. The highest BCUT2D eigenvalue weighted by Crippen LogP contribution is 2.20. The van der Waals surface area contributed by atoms with Gasteiger partial charge in [0.25, 0.3) is 0 Å². The van der Waals surface area contributed by atoms with E-state index in [0.717, 1.165) is 22.4 Å². The molecule has 0 atom stereocenters. The van der Waals surface area contributed by atoms with Gasteiger partial charge >= 0.3 is 16.1 Å². The Morgan fingerprint density at radius 1 is 1.10 bits per heavy atom. The van der Waals surface area contributed by atoms with Crippen molar-refractivity contribution in [3.8, 4) is 5.75 Å². The van der Waals surface area contributed by atoms with Crippen molar-refractivity contribution in [1.29, 1.82) is 0 Å². The van der Waals surface area contributed by atoms with E-state index in [0.29, 0.717) is 19.7 Å². The van der Waals surface area contributed by atoms with Gasteiger partial charge in [0.15, 0.2) is 0 Å². The zero-order valence-corrected chi connectivity index (χ0v) is 18.1. The van der Waals surface area contributed by atoms with Gasteiger partial charge in [0, 0.05) is 25.9 Å². The number of nitrogens with zero attached hydrogens (tertiary/aromatic N) is 1. The number of urea groups is 1. The summed E-state index contributed by atoms with van der Waals surface area (Å²) in [4.78, 5) is 14.5. The fraction of sp³-hybridized carbons (Fsp3) is 0.381. The van der Waals surface area contributed by atoms with Crippen molar-refractivity contribution in [3.05, 3.63) is 59.2 Å². The first-order chi connectivity index (χ1) is 13.8. The van der Waals surface area contributed by atoms with Crippen LogP contribution in [0.2, 0.25) is 0 Å². The molecule has 0 saturated carbocycles. The number of anilines is 1. The number of carbonyl (C=O) groups is 1. The van der Waals surface area contributed by atoms with Crippen molar-refractivity contribution in [3.63, 3.8) is 0 Å². The van der Waals surface area contributed by atoms with Crippen molar-refractivity contribution < 1.29 is 22.1 Å². The van der Waals surface area contributed by atoms with E-state index in [2.05, 4.69) is 5.32 Å². The third-order valence-corrected chi connectivity index (χ3v) is 5.73. The van der Waals surface area contributed by atoms with Crippen LogP contribution in [0, 0.1) is 13.8 Å². The molecule has 8 heteroatoms. The summed E-state index contributed by atoms with van der Waals surface area (Å²) in [6.45, 7) is 6.64. The Hall–Kier alpha value is -2.58. The summed E-state index contributed by atoms with van der Waals surface area (Å²) in [7, 11) is -1.98. The molecule has 0 aliphatic rings. The van der Waals surface area contributed by atoms with Crippen LogP contribution in [0.1, 0.15) is 23.6 Å². The maximum atomic E-state index is 12.8. The zero-order valence-electron chi connectivity index (χ0n) is 17.3. The van der Waals surface area contributed by atoms with Crippen LogP contribution in [0.25, 0.3) is 0 Å². The van der Waals surface area contributed by atoms with Gasteiger partial charge in [0.1, 0.15) is 5.75 Å². The van der Waals surface area contributed by atoms with Gasteiger partial charge in [0.2, 0.25) is 0 Å². The third kappa shape index (κ3) is 6.76. The summed E-state index contributed by atoms with van der Waals surface area (Å²) < 4.78 is 33.3. The Morgan fingerprint density at radius 2 is 1.79 bits per heavy atom. The van der Waals surface area contributed by atoms with Crippen LogP contribution in [0.4, 0.5) is 10.5 Å². The molecule has 7 nitrogen and oxygen atoms in total. The van der Waals surface area contributed by atoms with Crippen LogP contribution in [0.5, 0.6) is 5.75 Å². The SMILES string of the molecule is CCS(=O)(=O)Oc1ccc(CN(CCOC)C(=O)Nc2cccc(C)c2C)cc1. The maximum absolute atomic E-state index is 12.8.